The highest BCUT2D eigenvalue weighted by atomic mass is 79.9. The molecule has 0 radical (unpaired) electrons. The van der Waals surface area contributed by atoms with E-state index >= 15 is 0 Å². The summed E-state index contributed by atoms with van der Waals surface area (Å²) >= 11 is 3.45. The average molecular weight is 330 g/mol. The summed E-state index contributed by atoms with van der Waals surface area (Å²) in [5, 5.41) is 1.17. The smallest absolute Gasteiger partial charge is 0.279 e. The summed E-state index contributed by atoms with van der Waals surface area (Å²) < 4.78 is 11.9. The molecule has 0 unspecified atom stereocenters. The van der Waals surface area contributed by atoms with E-state index in [-0.39, 0.29) is 5.91 Å². The van der Waals surface area contributed by atoms with E-state index in [9.17, 15) is 4.79 Å². The normalized spacial score (nSPS) is 17.8. The number of nitrogens with zero attached hydrogens (tertiary/aromatic N) is 1. The van der Waals surface area contributed by atoms with Gasteiger partial charge in [0.1, 0.15) is 5.75 Å². The molecule has 0 saturated carbocycles. The van der Waals surface area contributed by atoms with Gasteiger partial charge in [0, 0.05) is 12.6 Å². The fourth-order valence-electron chi connectivity index (χ4n) is 2.17. The van der Waals surface area contributed by atoms with Crippen molar-refractivity contribution in [1.82, 2.24) is 5.06 Å². The van der Waals surface area contributed by atoms with Gasteiger partial charge in [-0.15, -0.1) is 0 Å². The monoisotopic (exact) mass is 329 g/mol. The lowest BCUT2D eigenvalue weighted by molar-refractivity contribution is -0.182. The first-order valence-corrected chi connectivity index (χ1v) is 6.68. The molecule has 5 nitrogen and oxygen atoms in total. The summed E-state index contributed by atoms with van der Waals surface area (Å²) in [6.07, 6.45) is 0.0778. The third-order valence-electron chi connectivity index (χ3n) is 3.18. The SMILES string of the molecule is COc1c(Br)ccc2c1CCO[C@H]2C(=O)N(C)OC. The molecule has 0 spiro atoms. The fraction of sp³-hybridized carbons (Fsp3) is 0.462. The van der Waals surface area contributed by atoms with Gasteiger partial charge in [-0.25, -0.2) is 5.06 Å². The predicted molar refractivity (Wildman–Crippen MR) is 72.9 cm³/mol. The lowest BCUT2D eigenvalue weighted by Crippen LogP contribution is -2.34. The van der Waals surface area contributed by atoms with Gasteiger partial charge in [0.25, 0.3) is 5.91 Å². The van der Waals surface area contributed by atoms with E-state index in [0.717, 1.165) is 27.8 Å². The molecule has 1 heterocycles. The van der Waals surface area contributed by atoms with Crippen molar-refractivity contribution in [1.29, 1.82) is 0 Å². The van der Waals surface area contributed by atoms with E-state index in [4.69, 9.17) is 14.3 Å². The summed E-state index contributed by atoms with van der Waals surface area (Å²) in [6, 6.07) is 3.74. The van der Waals surface area contributed by atoms with Crippen molar-refractivity contribution in [3.63, 3.8) is 0 Å². The number of carbonyl (C=O) groups excluding carboxylic acids is 1. The third kappa shape index (κ3) is 2.61. The Bertz CT molecular complexity index is 492. The summed E-state index contributed by atoms with van der Waals surface area (Å²) in [5.41, 5.74) is 1.84. The van der Waals surface area contributed by atoms with E-state index in [1.807, 2.05) is 12.1 Å². The molecule has 0 fully saturated rings. The standard InChI is InChI=1S/C13H16BrNO4/c1-15(18-3)13(16)12-8-4-5-10(14)11(17-2)9(8)6-7-19-12/h4-5,12H,6-7H2,1-3H3/t12-/m1/s1. The lowest BCUT2D eigenvalue weighted by atomic mass is 9.96. The maximum absolute atomic E-state index is 12.2. The van der Waals surface area contributed by atoms with Gasteiger partial charge in [-0.05, 0) is 34.0 Å². The Balaban J connectivity index is 2.43. The Hall–Kier alpha value is -1.11. The second kappa shape index (κ2) is 5.90. The third-order valence-corrected chi connectivity index (χ3v) is 3.80. The topological polar surface area (TPSA) is 48.0 Å². The highest BCUT2D eigenvalue weighted by Gasteiger charge is 2.32. The van der Waals surface area contributed by atoms with Crippen LogP contribution in [-0.2, 0) is 20.8 Å². The number of hydroxylamine groups is 2. The first-order valence-electron chi connectivity index (χ1n) is 5.88. The summed E-state index contributed by atoms with van der Waals surface area (Å²) in [4.78, 5) is 17.1. The van der Waals surface area contributed by atoms with Gasteiger partial charge in [-0.3, -0.25) is 9.63 Å². The van der Waals surface area contributed by atoms with Crippen molar-refractivity contribution in [3.05, 3.63) is 27.7 Å². The number of amides is 1. The Morgan fingerprint density at radius 1 is 1.47 bits per heavy atom. The van der Waals surface area contributed by atoms with Crippen LogP contribution in [0.3, 0.4) is 0 Å². The second-order valence-corrected chi connectivity index (χ2v) is 5.02. The lowest BCUT2D eigenvalue weighted by Gasteiger charge is -2.29. The number of hydrogen-bond donors (Lipinski definition) is 0. The van der Waals surface area contributed by atoms with Crippen LogP contribution in [0.15, 0.2) is 16.6 Å². The zero-order valence-electron chi connectivity index (χ0n) is 11.1. The largest absolute Gasteiger partial charge is 0.495 e. The quantitative estimate of drug-likeness (QED) is 0.797. The molecule has 0 aliphatic carbocycles. The number of rotatable bonds is 3. The van der Waals surface area contributed by atoms with Gasteiger partial charge >= 0.3 is 0 Å². The van der Waals surface area contributed by atoms with Crippen LogP contribution in [0, 0.1) is 0 Å². The second-order valence-electron chi connectivity index (χ2n) is 4.17. The van der Waals surface area contributed by atoms with Crippen LogP contribution in [0.25, 0.3) is 0 Å². The van der Waals surface area contributed by atoms with Gasteiger partial charge < -0.3 is 9.47 Å². The molecule has 2 rings (SSSR count). The maximum atomic E-state index is 12.2. The molecule has 19 heavy (non-hydrogen) atoms. The van der Waals surface area contributed by atoms with E-state index in [0.29, 0.717) is 6.61 Å². The Labute approximate surface area is 120 Å². The number of likely N-dealkylation sites (N-methyl/N-ethyl adjacent to an activating group) is 1. The minimum Gasteiger partial charge on any atom is -0.495 e. The van der Waals surface area contributed by atoms with Crippen LogP contribution in [0.4, 0.5) is 0 Å². The van der Waals surface area contributed by atoms with Crippen LogP contribution >= 0.6 is 15.9 Å². The summed E-state index contributed by atoms with van der Waals surface area (Å²) in [5.74, 6) is 0.534. The van der Waals surface area contributed by atoms with Crippen molar-refractivity contribution >= 4 is 21.8 Å². The van der Waals surface area contributed by atoms with Crippen molar-refractivity contribution in [2.24, 2.45) is 0 Å². The molecule has 1 atom stereocenters. The van der Waals surface area contributed by atoms with Crippen molar-refractivity contribution in [2.75, 3.05) is 27.9 Å². The zero-order chi connectivity index (χ0) is 14.0. The van der Waals surface area contributed by atoms with E-state index in [1.54, 1.807) is 14.2 Å². The van der Waals surface area contributed by atoms with Crippen LogP contribution in [-0.4, -0.2) is 38.8 Å². The Morgan fingerprint density at radius 3 is 2.84 bits per heavy atom. The van der Waals surface area contributed by atoms with Gasteiger partial charge in [0.2, 0.25) is 0 Å². The minimum absolute atomic E-state index is 0.229. The molecule has 6 heteroatoms. The maximum Gasteiger partial charge on any atom is 0.279 e. The van der Waals surface area contributed by atoms with E-state index in [1.165, 1.54) is 12.2 Å². The molecule has 0 bridgehead atoms. The van der Waals surface area contributed by atoms with E-state index in [2.05, 4.69) is 15.9 Å². The van der Waals surface area contributed by atoms with Crippen LogP contribution in [0.5, 0.6) is 5.75 Å². The fourth-order valence-corrected chi connectivity index (χ4v) is 2.70. The molecule has 1 aliphatic rings. The van der Waals surface area contributed by atoms with Gasteiger partial charge in [0.05, 0.1) is 25.3 Å². The van der Waals surface area contributed by atoms with Gasteiger partial charge in [-0.2, -0.15) is 0 Å². The Morgan fingerprint density at radius 2 is 2.21 bits per heavy atom. The molecular weight excluding hydrogens is 314 g/mol. The van der Waals surface area contributed by atoms with Crippen LogP contribution in [0.1, 0.15) is 17.2 Å². The van der Waals surface area contributed by atoms with E-state index < -0.39 is 6.10 Å². The molecule has 1 aliphatic heterocycles. The van der Waals surface area contributed by atoms with Gasteiger partial charge in [0.15, 0.2) is 6.10 Å². The molecular formula is C13H16BrNO4. The van der Waals surface area contributed by atoms with Crippen molar-refractivity contribution in [2.45, 2.75) is 12.5 Å². The summed E-state index contributed by atoms with van der Waals surface area (Å²) in [7, 11) is 4.63. The first kappa shape index (κ1) is 14.3. The number of carbonyl (C=O) groups is 1. The average Bonchev–Trinajstić information content (AvgIpc) is 2.44. The first-order chi connectivity index (χ1) is 9.10. The minimum atomic E-state index is -0.643. The number of fused-ring (bicyclic) bond motifs is 1. The molecule has 1 aromatic rings. The molecule has 104 valence electrons. The highest BCUT2D eigenvalue weighted by molar-refractivity contribution is 9.10. The van der Waals surface area contributed by atoms with Crippen LogP contribution in [0.2, 0.25) is 0 Å². The molecule has 0 aromatic heterocycles. The van der Waals surface area contributed by atoms with Crippen molar-refractivity contribution < 1.29 is 19.1 Å². The number of hydrogen-bond acceptors (Lipinski definition) is 4. The van der Waals surface area contributed by atoms with Gasteiger partial charge in [-0.1, -0.05) is 6.07 Å². The molecule has 1 aromatic carbocycles. The Kier molecular flexibility index (Phi) is 4.44. The molecule has 0 saturated heterocycles. The number of halogens is 1. The molecule has 0 N–H and O–H groups in total. The van der Waals surface area contributed by atoms with Crippen molar-refractivity contribution in [3.8, 4) is 5.75 Å². The molecule has 1 amide bonds. The number of benzene rings is 1. The zero-order valence-corrected chi connectivity index (χ0v) is 12.7. The summed E-state index contributed by atoms with van der Waals surface area (Å²) in [6.45, 7) is 0.480. The highest BCUT2D eigenvalue weighted by Crippen LogP contribution is 2.38. The predicted octanol–water partition coefficient (Wildman–Crippen LogP) is 2.09. The van der Waals surface area contributed by atoms with Crippen LogP contribution < -0.4 is 4.74 Å². The number of ether oxygens (including phenoxy) is 2. The number of methoxy groups -OCH3 is 1.